The number of rotatable bonds is 1. The summed E-state index contributed by atoms with van der Waals surface area (Å²) >= 11 is 1.77. The van der Waals surface area contributed by atoms with Gasteiger partial charge in [0.15, 0.2) is 5.78 Å². The van der Waals surface area contributed by atoms with Gasteiger partial charge in [-0.3, -0.25) is 4.79 Å². The van der Waals surface area contributed by atoms with Gasteiger partial charge in [0, 0.05) is 29.8 Å². The molecule has 0 bridgehead atoms. The molecule has 2 nitrogen and oxygen atoms in total. The second-order valence-corrected chi connectivity index (χ2v) is 6.75. The minimum absolute atomic E-state index is 0.161. The molecule has 0 aromatic rings. The highest BCUT2D eigenvalue weighted by molar-refractivity contribution is 8.03. The second-order valence-electron chi connectivity index (χ2n) is 5.76. The van der Waals surface area contributed by atoms with Gasteiger partial charge in [0.05, 0.1) is 5.03 Å². The van der Waals surface area contributed by atoms with E-state index in [0.29, 0.717) is 0 Å². The zero-order valence-electron chi connectivity index (χ0n) is 10.5. The van der Waals surface area contributed by atoms with Crippen LogP contribution in [0.25, 0.3) is 0 Å². The van der Waals surface area contributed by atoms with Gasteiger partial charge in [0.25, 0.3) is 0 Å². The highest BCUT2D eigenvalue weighted by Gasteiger charge is 2.33. The van der Waals surface area contributed by atoms with Crippen molar-refractivity contribution >= 4 is 17.5 Å². The summed E-state index contributed by atoms with van der Waals surface area (Å²) in [7, 11) is 2.06. The Bertz CT molecular complexity index is 299. The van der Waals surface area contributed by atoms with Crippen molar-refractivity contribution in [1.29, 1.82) is 0 Å². The van der Waals surface area contributed by atoms with Gasteiger partial charge in [-0.05, 0) is 13.8 Å². The molecule has 0 aromatic heterocycles. The molecule has 0 aromatic carbocycles. The third-order valence-electron chi connectivity index (χ3n) is 2.81. The first-order valence-electron chi connectivity index (χ1n) is 5.27. The minimum Gasteiger partial charge on any atom is -0.363 e. The van der Waals surface area contributed by atoms with Gasteiger partial charge in [0.2, 0.25) is 0 Å². The maximum absolute atomic E-state index is 11.9. The molecule has 0 amide bonds. The number of ketones is 1. The summed E-state index contributed by atoms with van der Waals surface area (Å²) in [5.74, 6) is 1.25. The first-order valence-corrected chi connectivity index (χ1v) is 6.26. The average molecular weight is 227 g/mol. The molecule has 1 saturated heterocycles. The predicted octanol–water partition coefficient (Wildman–Crippen LogP) is 2.90. The standard InChI is InChI=1S/C12H21NOS/c1-11(2,3)9(14)7-10-13(6)12(4,5)8-15-10/h7H,8H2,1-6H3/b10-7-. The number of thioether (sulfide) groups is 1. The average Bonchev–Trinajstić information content (AvgIpc) is 2.30. The number of hydrogen-bond donors (Lipinski definition) is 0. The lowest BCUT2D eigenvalue weighted by Crippen LogP contribution is -2.36. The molecular formula is C12H21NOS. The van der Waals surface area contributed by atoms with Crippen LogP contribution in [-0.2, 0) is 4.79 Å². The van der Waals surface area contributed by atoms with Crippen molar-refractivity contribution in [2.24, 2.45) is 5.41 Å². The molecule has 1 heterocycles. The summed E-state index contributed by atoms with van der Waals surface area (Å²) in [4.78, 5) is 14.1. The topological polar surface area (TPSA) is 20.3 Å². The van der Waals surface area contributed by atoms with Gasteiger partial charge in [-0.25, -0.2) is 0 Å². The van der Waals surface area contributed by atoms with E-state index in [1.54, 1.807) is 17.8 Å². The Morgan fingerprint density at radius 1 is 1.47 bits per heavy atom. The van der Waals surface area contributed by atoms with Crippen molar-refractivity contribution in [2.75, 3.05) is 12.8 Å². The van der Waals surface area contributed by atoms with Crippen LogP contribution < -0.4 is 0 Å². The van der Waals surface area contributed by atoms with Crippen molar-refractivity contribution in [2.45, 2.75) is 40.2 Å². The van der Waals surface area contributed by atoms with Crippen molar-refractivity contribution < 1.29 is 4.79 Å². The van der Waals surface area contributed by atoms with Gasteiger partial charge in [-0.1, -0.05) is 20.8 Å². The lowest BCUT2D eigenvalue weighted by molar-refractivity contribution is -0.121. The third kappa shape index (κ3) is 2.77. The van der Waals surface area contributed by atoms with E-state index in [-0.39, 0.29) is 16.7 Å². The van der Waals surface area contributed by atoms with E-state index >= 15 is 0 Å². The van der Waals surface area contributed by atoms with E-state index in [0.717, 1.165) is 10.8 Å². The van der Waals surface area contributed by atoms with Gasteiger partial charge in [-0.2, -0.15) is 0 Å². The van der Waals surface area contributed by atoms with Crippen LogP contribution in [-0.4, -0.2) is 29.0 Å². The molecule has 1 fully saturated rings. The van der Waals surface area contributed by atoms with Crippen LogP contribution in [0.1, 0.15) is 34.6 Å². The number of carbonyl (C=O) groups is 1. The van der Waals surface area contributed by atoms with Crippen LogP contribution in [0.4, 0.5) is 0 Å². The number of hydrogen-bond acceptors (Lipinski definition) is 3. The first-order chi connectivity index (χ1) is 6.64. The van der Waals surface area contributed by atoms with Gasteiger partial charge in [-0.15, -0.1) is 11.8 Å². The maximum atomic E-state index is 11.9. The molecule has 86 valence electrons. The summed E-state index contributed by atoms with van der Waals surface area (Å²) in [6, 6.07) is 0. The largest absolute Gasteiger partial charge is 0.363 e. The highest BCUT2D eigenvalue weighted by Crippen LogP contribution is 2.38. The molecule has 1 aliphatic heterocycles. The molecule has 0 unspecified atom stereocenters. The predicted molar refractivity (Wildman–Crippen MR) is 66.8 cm³/mol. The first kappa shape index (κ1) is 12.6. The van der Waals surface area contributed by atoms with Crippen molar-refractivity contribution in [3.05, 3.63) is 11.1 Å². The molecule has 15 heavy (non-hydrogen) atoms. The molecule has 0 radical (unpaired) electrons. The number of nitrogens with zero attached hydrogens (tertiary/aromatic N) is 1. The molecule has 0 atom stereocenters. The van der Waals surface area contributed by atoms with E-state index in [4.69, 9.17) is 0 Å². The van der Waals surface area contributed by atoms with E-state index < -0.39 is 0 Å². The molecule has 1 aliphatic rings. The molecule has 0 saturated carbocycles. The zero-order chi connectivity index (χ0) is 11.9. The van der Waals surface area contributed by atoms with Crippen molar-refractivity contribution in [3.63, 3.8) is 0 Å². The highest BCUT2D eigenvalue weighted by atomic mass is 32.2. The molecule has 0 spiro atoms. The normalized spacial score (nSPS) is 23.6. The minimum atomic E-state index is -0.277. The van der Waals surface area contributed by atoms with Crippen molar-refractivity contribution in [1.82, 2.24) is 4.90 Å². The van der Waals surface area contributed by atoms with Crippen LogP contribution in [0.2, 0.25) is 0 Å². The van der Waals surface area contributed by atoms with E-state index in [1.807, 2.05) is 20.8 Å². The fourth-order valence-electron chi connectivity index (χ4n) is 1.21. The molecule has 0 N–H and O–H groups in total. The summed E-state index contributed by atoms with van der Waals surface area (Å²) in [6.45, 7) is 10.3. The second kappa shape index (κ2) is 3.85. The van der Waals surface area contributed by atoms with E-state index in [9.17, 15) is 4.79 Å². The number of allylic oxidation sites excluding steroid dienone is 1. The Morgan fingerprint density at radius 3 is 2.33 bits per heavy atom. The molecule has 0 aliphatic carbocycles. The van der Waals surface area contributed by atoms with Gasteiger partial charge < -0.3 is 4.90 Å². The molecule has 3 heteroatoms. The Kier molecular flexibility index (Phi) is 3.24. The van der Waals surface area contributed by atoms with Crippen molar-refractivity contribution in [3.8, 4) is 0 Å². The number of carbonyl (C=O) groups excluding carboxylic acids is 1. The van der Waals surface area contributed by atoms with E-state index in [2.05, 4.69) is 25.8 Å². The summed E-state index contributed by atoms with van der Waals surface area (Å²) in [6.07, 6.45) is 1.79. The van der Waals surface area contributed by atoms with Gasteiger partial charge in [0.1, 0.15) is 0 Å². The van der Waals surface area contributed by atoms with Crippen LogP contribution in [0, 0.1) is 5.41 Å². The summed E-state index contributed by atoms with van der Waals surface area (Å²) in [5.41, 5.74) is -0.115. The smallest absolute Gasteiger partial charge is 0.163 e. The Hall–Kier alpha value is -0.440. The fourth-order valence-corrected chi connectivity index (χ4v) is 2.54. The SMILES string of the molecule is CN1/C(=C/C(=O)C(C)(C)C)SCC1(C)C. The molecule has 1 rings (SSSR count). The maximum Gasteiger partial charge on any atom is 0.163 e. The lowest BCUT2D eigenvalue weighted by Gasteiger charge is -2.29. The van der Waals surface area contributed by atoms with Crippen LogP contribution >= 0.6 is 11.8 Å². The molecular weight excluding hydrogens is 206 g/mol. The Labute approximate surface area is 97.1 Å². The Balaban J connectivity index is 2.84. The summed E-state index contributed by atoms with van der Waals surface area (Å²) in [5, 5.41) is 1.10. The van der Waals surface area contributed by atoms with Crippen LogP contribution in [0.5, 0.6) is 0 Å². The lowest BCUT2D eigenvalue weighted by atomic mass is 9.91. The quantitative estimate of drug-likeness (QED) is 0.642. The van der Waals surface area contributed by atoms with Crippen LogP contribution in [0.15, 0.2) is 11.1 Å². The van der Waals surface area contributed by atoms with Crippen LogP contribution in [0.3, 0.4) is 0 Å². The zero-order valence-corrected chi connectivity index (χ0v) is 11.4. The fraction of sp³-hybridized carbons (Fsp3) is 0.750. The van der Waals surface area contributed by atoms with E-state index in [1.165, 1.54) is 0 Å². The third-order valence-corrected chi connectivity index (χ3v) is 4.34. The monoisotopic (exact) mass is 227 g/mol. The van der Waals surface area contributed by atoms with Gasteiger partial charge >= 0.3 is 0 Å². The Morgan fingerprint density at radius 2 is 2.00 bits per heavy atom. The summed E-state index contributed by atoms with van der Waals surface area (Å²) < 4.78 is 0.